The number of ketones is 1. The van der Waals surface area contributed by atoms with Crippen LogP contribution in [0, 0.1) is 11.8 Å². The molecule has 1 radical (unpaired) electrons. The summed E-state index contributed by atoms with van der Waals surface area (Å²) in [5.74, 6) is 0.547. The van der Waals surface area contributed by atoms with Gasteiger partial charge in [-0.25, -0.2) is 4.98 Å². The average Bonchev–Trinajstić information content (AvgIpc) is 3.32. The summed E-state index contributed by atoms with van der Waals surface area (Å²) in [5.41, 5.74) is 1.33. The molecular weight excluding hydrogens is 744 g/mol. The van der Waals surface area contributed by atoms with Gasteiger partial charge in [-0.05, 0) is 55.6 Å². The molecule has 6 nitrogen and oxygen atoms in total. The minimum Gasteiger partial charge on any atom is -0.682 e. The number of carbonyl (C=O) groups excluding carboxylic acids is 1. The number of nitrogens with zero attached hydrogens (tertiary/aromatic N) is 4. The van der Waals surface area contributed by atoms with Gasteiger partial charge >= 0.3 is 6.18 Å². The Bertz CT molecular complexity index is 1620. The summed E-state index contributed by atoms with van der Waals surface area (Å²) in [6.45, 7) is 7.56. The largest absolute Gasteiger partial charge is 0.682 e. The fourth-order valence-corrected chi connectivity index (χ4v) is 5.62. The first-order valence-corrected chi connectivity index (χ1v) is 14.8. The van der Waals surface area contributed by atoms with Crippen LogP contribution in [-0.4, -0.2) is 34.9 Å². The molecule has 0 fully saturated rings. The number of anilines is 1. The summed E-state index contributed by atoms with van der Waals surface area (Å²) in [6.07, 6.45) is 1.56. The molecule has 0 aliphatic carbocycles. The molecule has 1 aromatic heterocycles. The van der Waals surface area contributed by atoms with Crippen LogP contribution in [0.5, 0.6) is 0 Å². The van der Waals surface area contributed by atoms with Crippen LogP contribution in [0.25, 0.3) is 26.9 Å². The summed E-state index contributed by atoms with van der Waals surface area (Å²) in [7, 11) is 1.86. The quantitative estimate of drug-likeness (QED) is 0.0840. The molecule has 1 N–H and O–H groups in total. The van der Waals surface area contributed by atoms with Crippen molar-refractivity contribution in [1.82, 2.24) is 9.97 Å². The number of hydrogen-bond acceptors (Lipinski definition) is 5. The molecule has 0 unspecified atom stereocenters. The van der Waals surface area contributed by atoms with Crippen molar-refractivity contribution in [2.45, 2.75) is 59.6 Å². The number of aliphatic hydroxyl groups is 1. The minimum atomic E-state index is -4.54. The van der Waals surface area contributed by atoms with E-state index in [1.54, 1.807) is 24.3 Å². The smallest absolute Gasteiger partial charge is 0.419 e. The SMILES string of the molecule is CCC(CC)C(=O)/C=C(\O)C(CC)CC.CN1B(c2ncnc3c(C(F)(F)F)c4ccccc4cc23)[N-]c2ccccc21.[Ir]. The molecule has 0 amide bonds. The first-order valence-electron chi connectivity index (χ1n) is 14.8. The van der Waals surface area contributed by atoms with E-state index in [1.807, 2.05) is 63.8 Å². The van der Waals surface area contributed by atoms with Gasteiger partial charge in [0, 0.05) is 54.7 Å². The molecule has 0 spiro atoms. The molecule has 0 saturated carbocycles. The van der Waals surface area contributed by atoms with Crippen LogP contribution in [0.1, 0.15) is 58.9 Å². The van der Waals surface area contributed by atoms with E-state index in [2.05, 4.69) is 15.2 Å². The van der Waals surface area contributed by atoms with E-state index in [0.29, 0.717) is 16.4 Å². The van der Waals surface area contributed by atoms with Crippen molar-refractivity contribution < 1.29 is 43.2 Å². The zero-order chi connectivity index (χ0) is 31.3. The molecule has 4 aromatic rings. The van der Waals surface area contributed by atoms with Crippen molar-refractivity contribution in [2.24, 2.45) is 11.8 Å². The van der Waals surface area contributed by atoms with Crippen LogP contribution in [0.3, 0.4) is 0 Å². The van der Waals surface area contributed by atoms with Gasteiger partial charge in [-0.2, -0.15) is 13.2 Å². The Morgan fingerprint density at radius 1 is 0.955 bits per heavy atom. The molecule has 0 bridgehead atoms. The summed E-state index contributed by atoms with van der Waals surface area (Å²) in [4.78, 5) is 22.0. The predicted octanol–water partition coefficient (Wildman–Crippen LogP) is 8.52. The zero-order valence-electron chi connectivity index (χ0n) is 25.5. The first-order chi connectivity index (χ1) is 20.5. The van der Waals surface area contributed by atoms with Crippen molar-refractivity contribution in [3.05, 3.63) is 83.6 Å². The number of allylic oxidation sites excluding steroid dienone is 2. The number of benzene rings is 3. The Morgan fingerprint density at radius 2 is 1.57 bits per heavy atom. The van der Waals surface area contributed by atoms with E-state index in [0.717, 1.165) is 37.1 Å². The maximum absolute atomic E-state index is 14.0. The molecule has 1 aliphatic rings. The fraction of sp³-hybridized carbons (Fsp3) is 0.364. The van der Waals surface area contributed by atoms with Crippen LogP contribution < -0.4 is 10.4 Å². The van der Waals surface area contributed by atoms with E-state index < -0.39 is 18.7 Å². The van der Waals surface area contributed by atoms with Gasteiger partial charge < -0.3 is 15.1 Å². The Hall–Kier alpha value is -3.43. The maximum Gasteiger partial charge on any atom is 0.419 e. The molecule has 44 heavy (non-hydrogen) atoms. The molecule has 1 aliphatic heterocycles. The molecule has 5 rings (SSSR count). The maximum atomic E-state index is 14.0. The third-order valence-corrected chi connectivity index (χ3v) is 8.18. The molecular formula is C33H37BF3IrN4O2-. The average molecular weight is 782 g/mol. The zero-order valence-corrected chi connectivity index (χ0v) is 27.9. The van der Waals surface area contributed by atoms with Gasteiger partial charge in [0.1, 0.15) is 6.33 Å². The molecule has 0 saturated heterocycles. The second kappa shape index (κ2) is 15.0. The van der Waals surface area contributed by atoms with Gasteiger partial charge in [-0.15, -0.1) is 5.69 Å². The van der Waals surface area contributed by atoms with E-state index in [-0.39, 0.29) is 54.4 Å². The van der Waals surface area contributed by atoms with Crippen molar-refractivity contribution in [1.29, 1.82) is 0 Å². The number of aliphatic hydroxyl groups excluding tert-OH is 1. The topological polar surface area (TPSA) is 80.4 Å². The summed E-state index contributed by atoms with van der Waals surface area (Å²) < 4.78 is 41.9. The Kier molecular flexibility index (Phi) is 12.0. The van der Waals surface area contributed by atoms with Crippen LogP contribution in [0.15, 0.2) is 72.8 Å². The fourth-order valence-electron chi connectivity index (χ4n) is 5.62. The van der Waals surface area contributed by atoms with Gasteiger partial charge in [0.15, 0.2) is 5.78 Å². The van der Waals surface area contributed by atoms with E-state index in [1.165, 1.54) is 18.5 Å². The summed E-state index contributed by atoms with van der Waals surface area (Å²) >= 11 is 0. The first kappa shape index (κ1) is 35.1. The second-order valence-electron chi connectivity index (χ2n) is 10.7. The number of para-hydroxylation sites is 1. The van der Waals surface area contributed by atoms with Gasteiger partial charge in [0.2, 0.25) is 6.98 Å². The van der Waals surface area contributed by atoms with Crippen molar-refractivity contribution >= 4 is 51.4 Å². The standard InChI is InChI=1S/C20H13BF3N4.C13H24O2.Ir/c1-28-16-9-5-4-8-15(16)27-21(28)19-14-10-12-6-2-3-7-13(12)17(20(22,23)24)18(14)25-11-26-19;1-5-10(6-2)12(14)9-13(15)11(7-3)8-4;/h2-11H,1H3;9-11,14H,5-8H2,1-4H3;/q-1;;/b;12-9-;. The second-order valence-corrected chi connectivity index (χ2v) is 10.7. The van der Waals surface area contributed by atoms with E-state index >= 15 is 0 Å². The van der Waals surface area contributed by atoms with Crippen molar-refractivity contribution in [3.8, 4) is 0 Å². The van der Waals surface area contributed by atoms with Gasteiger partial charge in [0.25, 0.3) is 0 Å². The monoisotopic (exact) mass is 782 g/mol. The minimum absolute atomic E-state index is 0. The van der Waals surface area contributed by atoms with E-state index in [4.69, 9.17) is 0 Å². The number of hydrogen-bond donors (Lipinski definition) is 1. The molecule has 2 heterocycles. The number of fused-ring (bicyclic) bond motifs is 3. The summed E-state index contributed by atoms with van der Waals surface area (Å²) in [5, 5.41) is 15.4. The van der Waals surface area contributed by atoms with Crippen molar-refractivity contribution in [3.63, 3.8) is 0 Å². The molecule has 0 atom stereocenters. The number of alkyl halides is 3. The number of aromatic nitrogens is 2. The van der Waals surface area contributed by atoms with Crippen LogP contribution >= 0.6 is 0 Å². The van der Waals surface area contributed by atoms with Crippen LogP contribution in [0.2, 0.25) is 0 Å². The molecule has 235 valence electrons. The molecule has 11 heteroatoms. The molecule has 3 aromatic carbocycles. The van der Waals surface area contributed by atoms with E-state index in [9.17, 15) is 23.1 Å². The van der Waals surface area contributed by atoms with Gasteiger partial charge in [-0.1, -0.05) is 70.2 Å². The third-order valence-electron chi connectivity index (χ3n) is 8.18. The van der Waals surface area contributed by atoms with Gasteiger partial charge in [0.05, 0.1) is 16.8 Å². The normalized spacial score (nSPS) is 13.1. The van der Waals surface area contributed by atoms with Gasteiger partial charge in [-0.3, -0.25) is 9.78 Å². The Labute approximate surface area is 270 Å². The van der Waals surface area contributed by atoms with Crippen molar-refractivity contribution in [2.75, 3.05) is 11.9 Å². The Morgan fingerprint density at radius 3 is 2.18 bits per heavy atom. The summed E-state index contributed by atoms with van der Waals surface area (Å²) in [6, 6.07) is 15.8. The van der Waals surface area contributed by atoms with Crippen LogP contribution in [0.4, 0.5) is 24.5 Å². The third kappa shape index (κ3) is 7.27. The van der Waals surface area contributed by atoms with Crippen LogP contribution in [-0.2, 0) is 31.1 Å². The predicted molar refractivity (Wildman–Crippen MR) is 169 cm³/mol. The number of rotatable bonds is 8. The number of carbonyl (C=O) groups is 1. The number of halogens is 3. The Balaban J connectivity index is 0.000000286.